The Balaban J connectivity index is 1.98. The van der Waals surface area contributed by atoms with E-state index in [-0.39, 0.29) is 11.3 Å². The van der Waals surface area contributed by atoms with Gasteiger partial charge in [-0.1, -0.05) is 51.1 Å². The summed E-state index contributed by atoms with van der Waals surface area (Å²) < 4.78 is 0. The second kappa shape index (κ2) is 5.02. The zero-order chi connectivity index (χ0) is 14.3. The first-order valence-corrected chi connectivity index (χ1v) is 8.08. The van der Waals surface area contributed by atoms with Crippen molar-refractivity contribution in [3.63, 3.8) is 0 Å². The van der Waals surface area contributed by atoms with Gasteiger partial charge >= 0.3 is 0 Å². The summed E-state index contributed by atoms with van der Waals surface area (Å²) in [5.74, 6) is 2.74. The van der Waals surface area contributed by atoms with Crippen LogP contribution in [0.2, 0.25) is 0 Å². The van der Waals surface area contributed by atoms with Gasteiger partial charge in [0.2, 0.25) is 0 Å². The fraction of sp³-hybridized carbons (Fsp3) is 0.632. The van der Waals surface area contributed by atoms with Gasteiger partial charge in [0.25, 0.3) is 0 Å². The molecule has 0 N–H and O–H groups in total. The highest BCUT2D eigenvalue weighted by Crippen LogP contribution is 2.56. The molecule has 1 heteroatoms. The van der Waals surface area contributed by atoms with E-state index in [1.807, 2.05) is 6.07 Å². The van der Waals surface area contributed by atoms with Crippen molar-refractivity contribution in [2.45, 2.75) is 52.4 Å². The van der Waals surface area contributed by atoms with Crippen molar-refractivity contribution in [1.29, 1.82) is 0 Å². The lowest BCUT2D eigenvalue weighted by Crippen LogP contribution is -2.33. The molecule has 2 aliphatic rings. The van der Waals surface area contributed by atoms with E-state index < -0.39 is 0 Å². The zero-order valence-corrected chi connectivity index (χ0v) is 12.9. The monoisotopic (exact) mass is 270 g/mol. The van der Waals surface area contributed by atoms with Crippen molar-refractivity contribution >= 4 is 5.78 Å². The normalized spacial score (nSPS) is 30.4. The van der Waals surface area contributed by atoms with E-state index in [2.05, 4.69) is 45.0 Å². The Kier molecular flexibility index (Phi) is 3.48. The number of ketones is 1. The number of carbonyl (C=O) groups excluding carboxylic acids is 1. The fourth-order valence-corrected chi connectivity index (χ4v) is 4.52. The van der Waals surface area contributed by atoms with Crippen LogP contribution in [0, 0.1) is 23.2 Å². The molecule has 2 fully saturated rings. The lowest BCUT2D eigenvalue weighted by atomic mass is 9.70. The molecule has 1 aromatic carbocycles. The molecule has 2 bridgehead atoms. The number of fused-ring (bicyclic) bond motifs is 2. The summed E-state index contributed by atoms with van der Waals surface area (Å²) in [6.45, 7) is 6.21. The molecule has 3 rings (SSSR count). The molecule has 0 unspecified atom stereocenters. The van der Waals surface area contributed by atoms with Gasteiger partial charge in [-0.2, -0.15) is 0 Å². The van der Waals surface area contributed by atoms with Gasteiger partial charge in [0.1, 0.15) is 5.78 Å². The minimum absolute atomic E-state index is 0.121. The highest BCUT2D eigenvalue weighted by molar-refractivity contribution is 5.90. The molecule has 0 aliphatic heterocycles. The number of Topliss-reactive ketones (excluding diaryl/α,β-unsaturated/α-hetero) is 1. The maximum atomic E-state index is 13.1. The van der Waals surface area contributed by atoms with E-state index in [9.17, 15) is 4.79 Å². The highest BCUT2D eigenvalue weighted by atomic mass is 16.1. The standard InChI is InChI=1S/C19H26O/c1-19(2,3)18(20)17(13-7-5-4-6-8-13)16-14-9-10-15(16)12-11-14/h4-8,14-17H,9-12H2,1-3H3/t14?,15?,16?,17-/m0/s1. The van der Waals surface area contributed by atoms with E-state index in [4.69, 9.17) is 0 Å². The predicted octanol–water partition coefficient (Wildman–Crippen LogP) is 4.82. The Labute approximate surface area is 122 Å². The van der Waals surface area contributed by atoms with E-state index in [0.29, 0.717) is 11.7 Å². The fourth-order valence-electron chi connectivity index (χ4n) is 4.52. The Morgan fingerprint density at radius 2 is 1.50 bits per heavy atom. The van der Waals surface area contributed by atoms with Crippen molar-refractivity contribution in [2.24, 2.45) is 23.2 Å². The first-order chi connectivity index (χ1) is 9.48. The average molecular weight is 270 g/mol. The van der Waals surface area contributed by atoms with Crippen LogP contribution in [-0.2, 0) is 4.79 Å². The summed E-state index contributed by atoms with van der Waals surface area (Å²) in [6.07, 6.45) is 5.37. The molecule has 2 aliphatic carbocycles. The van der Waals surface area contributed by atoms with Crippen LogP contribution in [0.4, 0.5) is 0 Å². The summed E-state index contributed by atoms with van der Waals surface area (Å²) >= 11 is 0. The van der Waals surface area contributed by atoms with Crippen LogP contribution in [-0.4, -0.2) is 5.78 Å². The number of carbonyl (C=O) groups is 1. The maximum Gasteiger partial charge on any atom is 0.145 e. The molecule has 0 spiro atoms. The second-order valence-electron chi connectivity index (χ2n) is 7.75. The molecule has 1 nitrogen and oxygen atoms in total. The molecule has 0 heterocycles. The summed E-state index contributed by atoms with van der Waals surface area (Å²) in [6, 6.07) is 10.5. The number of hydrogen-bond donors (Lipinski definition) is 0. The molecule has 108 valence electrons. The van der Waals surface area contributed by atoms with Crippen LogP contribution in [0.25, 0.3) is 0 Å². The van der Waals surface area contributed by atoms with Gasteiger partial charge in [0.15, 0.2) is 0 Å². The van der Waals surface area contributed by atoms with Crippen molar-refractivity contribution in [3.8, 4) is 0 Å². The van der Waals surface area contributed by atoms with Crippen LogP contribution >= 0.6 is 0 Å². The van der Waals surface area contributed by atoms with Crippen molar-refractivity contribution in [2.75, 3.05) is 0 Å². The topological polar surface area (TPSA) is 17.1 Å². The molecule has 1 atom stereocenters. The third-order valence-electron chi connectivity index (χ3n) is 5.47. The first-order valence-electron chi connectivity index (χ1n) is 8.08. The molecule has 2 saturated carbocycles. The number of benzene rings is 1. The van der Waals surface area contributed by atoms with E-state index in [0.717, 1.165) is 11.8 Å². The summed E-state index contributed by atoms with van der Waals surface area (Å²) in [7, 11) is 0. The van der Waals surface area contributed by atoms with Gasteiger partial charge in [-0.25, -0.2) is 0 Å². The summed E-state index contributed by atoms with van der Waals surface area (Å²) in [5, 5.41) is 0. The van der Waals surface area contributed by atoms with Crippen molar-refractivity contribution in [1.82, 2.24) is 0 Å². The molecular weight excluding hydrogens is 244 g/mol. The Morgan fingerprint density at radius 1 is 1.00 bits per heavy atom. The van der Waals surface area contributed by atoms with Gasteiger partial charge < -0.3 is 0 Å². The van der Waals surface area contributed by atoms with Crippen LogP contribution in [0.3, 0.4) is 0 Å². The summed E-state index contributed by atoms with van der Waals surface area (Å²) in [4.78, 5) is 13.1. The quantitative estimate of drug-likeness (QED) is 0.769. The smallest absolute Gasteiger partial charge is 0.145 e. The van der Waals surface area contributed by atoms with Crippen LogP contribution in [0.5, 0.6) is 0 Å². The Hall–Kier alpha value is -1.11. The predicted molar refractivity (Wildman–Crippen MR) is 82.6 cm³/mol. The lowest BCUT2D eigenvalue weighted by Gasteiger charge is -2.32. The zero-order valence-electron chi connectivity index (χ0n) is 12.9. The highest BCUT2D eigenvalue weighted by Gasteiger charge is 2.49. The Bertz CT molecular complexity index is 462. The van der Waals surface area contributed by atoms with Gasteiger partial charge in [-0.15, -0.1) is 0 Å². The molecule has 0 saturated heterocycles. The SMILES string of the molecule is CC(C)(C)C(=O)[C@@H](c1ccccc1)C1C2CCC1CC2. The molecule has 20 heavy (non-hydrogen) atoms. The average Bonchev–Trinajstić information content (AvgIpc) is 3.00. The van der Waals surface area contributed by atoms with Crippen LogP contribution in [0.1, 0.15) is 57.9 Å². The van der Waals surface area contributed by atoms with Gasteiger partial charge in [-0.05, 0) is 49.0 Å². The van der Waals surface area contributed by atoms with Gasteiger partial charge in [0.05, 0.1) is 0 Å². The van der Waals surface area contributed by atoms with Crippen LogP contribution < -0.4 is 0 Å². The molecule has 0 amide bonds. The third kappa shape index (κ3) is 2.32. The Morgan fingerprint density at radius 3 is 1.95 bits per heavy atom. The second-order valence-corrected chi connectivity index (χ2v) is 7.75. The maximum absolute atomic E-state index is 13.1. The minimum Gasteiger partial charge on any atom is -0.298 e. The third-order valence-corrected chi connectivity index (χ3v) is 5.47. The molecule has 0 radical (unpaired) electrons. The molecule has 0 aromatic heterocycles. The van der Waals surface area contributed by atoms with E-state index in [1.54, 1.807) is 0 Å². The lowest BCUT2D eigenvalue weighted by molar-refractivity contribution is -0.129. The minimum atomic E-state index is -0.247. The van der Waals surface area contributed by atoms with Gasteiger partial charge in [-0.3, -0.25) is 4.79 Å². The first kappa shape index (κ1) is 13.9. The number of rotatable bonds is 3. The van der Waals surface area contributed by atoms with E-state index >= 15 is 0 Å². The van der Waals surface area contributed by atoms with Gasteiger partial charge in [0, 0.05) is 11.3 Å². The van der Waals surface area contributed by atoms with E-state index in [1.165, 1.54) is 31.2 Å². The van der Waals surface area contributed by atoms with Crippen molar-refractivity contribution in [3.05, 3.63) is 35.9 Å². The molecule has 1 aromatic rings. The van der Waals surface area contributed by atoms with Crippen molar-refractivity contribution < 1.29 is 4.79 Å². The summed E-state index contributed by atoms with van der Waals surface area (Å²) in [5.41, 5.74) is 0.999. The molecular formula is C19H26O. The number of hydrogen-bond acceptors (Lipinski definition) is 1. The van der Waals surface area contributed by atoms with Crippen LogP contribution in [0.15, 0.2) is 30.3 Å². The largest absolute Gasteiger partial charge is 0.298 e.